The average molecular weight is 497 g/mol. The number of benzene rings is 1. The van der Waals surface area contributed by atoms with Crippen molar-refractivity contribution >= 4 is 28.3 Å². The van der Waals surface area contributed by atoms with Gasteiger partial charge in [0.05, 0.1) is 56.8 Å². The van der Waals surface area contributed by atoms with Crippen molar-refractivity contribution in [2.45, 2.75) is 43.4 Å². The maximum atomic E-state index is 6.79. The number of piperidine rings is 1. The van der Waals surface area contributed by atoms with E-state index in [0.717, 1.165) is 80.5 Å². The Morgan fingerprint density at radius 1 is 1.03 bits per heavy atom. The van der Waals surface area contributed by atoms with E-state index in [1.807, 2.05) is 23.0 Å². The molecule has 35 heavy (non-hydrogen) atoms. The van der Waals surface area contributed by atoms with Crippen molar-refractivity contribution in [3.05, 3.63) is 35.0 Å². The summed E-state index contributed by atoms with van der Waals surface area (Å²) in [6.45, 7) is 5.49. The lowest BCUT2D eigenvalue weighted by atomic mass is 9.88. The van der Waals surface area contributed by atoms with Crippen LogP contribution < -0.4 is 9.64 Å². The molecule has 0 amide bonds. The number of anilines is 1. The van der Waals surface area contributed by atoms with Crippen molar-refractivity contribution in [3.8, 4) is 11.8 Å². The number of rotatable bonds is 5. The van der Waals surface area contributed by atoms with Gasteiger partial charge >= 0.3 is 6.01 Å². The first-order chi connectivity index (χ1) is 17.2. The largest absolute Gasteiger partial charge is 0.467 e. The SMILES string of the molecule is COc1nc(N2CC3CC2CO3)cc(-n2ncc3cc(Cl)c(C4CCN(C5COC5)CC4)cc32)n1. The molecule has 1 aromatic carbocycles. The normalized spacial score (nSPS) is 25.5. The van der Waals surface area contributed by atoms with Gasteiger partial charge in [0.1, 0.15) is 5.82 Å². The molecule has 3 aromatic rings. The molecule has 4 aliphatic heterocycles. The second-order valence-corrected chi connectivity index (χ2v) is 10.5. The number of morpholine rings is 1. The number of methoxy groups -OCH3 is 1. The zero-order valence-corrected chi connectivity index (χ0v) is 20.5. The summed E-state index contributed by atoms with van der Waals surface area (Å²) < 4.78 is 18.5. The third kappa shape index (κ3) is 3.76. The number of fused-ring (bicyclic) bond motifs is 3. The van der Waals surface area contributed by atoms with Gasteiger partial charge in [0.15, 0.2) is 5.82 Å². The summed E-state index contributed by atoms with van der Waals surface area (Å²) >= 11 is 6.79. The third-order valence-corrected chi connectivity index (χ3v) is 8.39. The van der Waals surface area contributed by atoms with Crippen molar-refractivity contribution in [1.82, 2.24) is 24.6 Å². The smallest absolute Gasteiger partial charge is 0.320 e. The number of aromatic nitrogens is 4. The Hall–Kier alpha value is -2.46. The Morgan fingerprint density at radius 2 is 1.86 bits per heavy atom. The number of hydrogen-bond donors (Lipinski definition) is 0. The Labute approximate surface area is 208 Å². The van der Waals surface area contributed by atoms with E-state index in [1.54, 1.807) is 7.11 Å². The van der Waals surface area contributed by atoms with Gasteiger partial charge in [-0.1, -0.05) is 11.6 Å². The number of hydrogen-bond acceptors (Lipinski definition) is 8. The topological polar surface area (TPSA) is 77.8 Å². The number of nitrogens with zero attached hydrogens (tertiary/aromatic N) is 6. The monoisotopic (exact) mass is 496 g/mol. The highest BCUT2D eigenvalue weighted by Gasteiger charge is 2.40. The van der Waals surface area contributed by atoms with Gasteiger partial charge in [0.25, 0.3) is 0 Å². The van der Waals surface area contributed by atoms with Gasteiger partial charge in [-0.25, -0.2) is 4.68 Å². The average Bonchev–Trinajstić information content (AvgIpc) is 3.58. The zero-order valence-electron chi connectivity index (χ0n) is 19.8. The standard InChI is InChI=1S/C25H29ClN6O3/c1-33-25-28-23(31-11-19-7-17(31)14-35-19)9-24(29-25)32-22-8-20(21(26)6-16(22)10-27-32)15-2-4-30(5-3-15)18-12-34-13-18/h6,8-10,15,17-19H,2-5,7,11-14H2,1H3. The molecule has 7 rings (SSSR count). The van der Waals surface area contributed by atoms with Crippen LogP contribution in [0.5, 0.6) is 6.01 Å². The Balaban J connectivity index is 1.22. The summed E-state index contributed by atoms with van der Waals surface area (Å²) in [6, 6.07) is 7.53. The molecule has 10 heteroatoms. The fraction of sp³-hybridized carbons (Fsp3) is 0.560. The molecule has 2 unspecified atom stereocenters. The van der Waals surface area contributed by atoms with Crippen LogP contribution in [0.2, 0.25) is 5.02 Å². The van der Waals surface area contributed by atoms with Crippen LogP contribution in [0.1, 0.15) is 30.7 Å². The third-order valence-electron chi connectivity index (χ3n) is 8.07. The van der Waals surface area contributed by atoms with Crippen LogP contribution in [-0.4, -0.2) is 89.4 Å². The highest BCUT2D eigenvalue weighted by Crippen LogP contribution is 2.37. The van der Waals surface area contributed by atoms with E-state index in [9.17, 15) is 0 Å². The maximum Gasteiger partial charge on any atom is 0.320 e. The number of likely N-dealkylation sites (tertiary alicyclic amines) is 1. The summed E-state index contributed by atoms with van der Waals surface area (Å²) in [6.07, 6.45) is 5.37. The fourth-order valence-electron chi connectivity index (χ4n) is 6.00. The molecule has 0 saturated carbocycles. The van der Waals surface area contributed by atoms with E-state index in [1.165, 1.54) is 5.56 Å². The van der Waals surface area contributed by atoms with E-state index in [4.69, 9.17) is 25.8 Å². The van der Waals surface area contributed by atoms with Gasteiger partial charge in [0.2, 0.25) is 0 Å². The van der Waals surface area contributed by atoms with Crippen molar-refractivity contribution in [2.75, 3.05) is 51.5 Å². The van der Waals surface area contributed by atoms with Gasteiger partial charge in [-0.3, -0.25) is 4.90 Å². The van der Waals surface area contributed by atoms with Gasteiger partial charge in [0, 0.05) is 23.0 Å². The summed E-state index contributed by atoms with van der Waals surface area (Å²) in [7, 11) is 1.60. The number of halogens is 1. The first-order valence-electron chi connectivity index (χ1n) is 12.5. The quantitative estimate of drug-likeness (QED) is 0.533. The highest BCUT2D eigenvalue weighted by molar-refractivity contribution is 6.32. The predicted molar refractivity (Wildman–Crippen MR) is 132 cm³/mol. The van der Waals surface area contributed by atoms with Gasteiger partial charge in [-0.2, -0.15) is 15.1 Å². The Morgan fingerprint density at radius 3 is 2.54 bits per heavy atom. The lowest BCUT2D eigenvalue weighted by Crippen LogP contribution is -2.51. The van der Waals surface area contributed by atoms with Crippen molar-refractivity contribution in [3.63, 3.8) is 0 Å². The second kappa shape index (κ2) is 8.58. The first kappa shape index (κ1) is 21.8. The minimum Gasteiger partial charge on any atom is -0.467 e. The molecule has 0 radical (unpaired) electrons. The molecule has 6 heterocycles. The molecule has 2 bridgehead atoms. The van der Waals surface area contributed by atoms with Gasteiger partial charge in [-0.05, 0) is 56.0 Å². The fourth-order valence-corrected chi connectivity index (χ4v) is 6.32. The van der Waals surface area contributed by atoms with E-state index < -0.39 is 0 Å². The molecule has 0 aliphatic carbocycles. The molecule has 0 N–H and O–H groups in total. The predicted octanol–water partition coefficient (Wildman–Crippen LogP) is 3.03. The molecule has 2 atom stereocenters. The minimum atomic E-state index is 0.280. The first-order valence-corrected chi connectivity index (χ1v) is 12.8. The van der Waals surface area contributed by atoms with Gasteiger partial charge < -0.3 is 19.1 Å². The van der Waals surface area contributed by atoms with Crippen LogP contribution >= 0.6 is 11.6 Å². The molecule has 4 fully saturated rings. The molecular formula is C25H29ClN6O3. The lowest BCUT2D eigenvalue weighted by molar-refractivity contribution is -0.0712. The van der Waals surface area contributed by atoms with Crippen LogP contribution in [0, 0.1) is 0 Å². The maximum absolute atomic E-state index is 6.79. The molecule has 4 saturated heterocycles. The second-order valence-electron chi connectivity index (χ2n) is 10.1. The van der Waals surface area contributed by atoms with Crippen LogP contribution in [0.4, 0.5) is 5.82 Å². The summed E-state index contributed by atoms with van der Waals surface area (Å²) in [5, 5.41) is 6.50. The summed E-state index contributed by atoms with van der Waals surface area (Å²) in [5.74, 6) is 1.98. The van der Waals surface area contributed by atoms with E-state index >= 15 is 0 Å². The van der Waals surface area contributed by atoms with Crippen LogP contribution in [0.3, 0.4) is 0 Å². The Bertz CT molecular complexity index is 1260. The summed E-state index contributed by atoms with van der Waals surface area (Å²) in [4.78, 5) is 14.1. The van der Waals surface area contributed by atoms with E-state index in [2.05, 4.69) is 30.9 Å². The van der Waals surface area contributed by atoms with Crippen molar-refractivity contribution in [2.24, 2.45) is 0 Å². The van der Waals surface area contributed by atoms with Crippen LogP contribution in [0.25, 0.3) is 16.7 Å². The summed E-state index contributed by atoms with van der Waals surface area (Å²) in [5.41, 5.74) is 2.19. The van der Waals surface area contributed by atoms with Crippen LogP contribution in [-0.2, 0) is 9.47 Å². The Kier molecular flexibility index (Phi) is 5.34. The van der Waals surface area contributed by atoms with Crippen molar-refractivity contribution < 1.29 is 14.2 Å². The lowest BCUT2D eigenvalue weighted by Gasteiger charge is -2.41. The molecule has 9 nitrogen and oxygen atoms in total. The minimum absolute atomic E-state index is 0.280. The van der Waals surface area contributed by atoms with E-state index in [0.29, 0.717) is 29.8 Å². The highest BCUT2D eigenvalue weighted by atomic mass is 35.5. The molecule has 0 spiro atoms. The van der Waals surface area contributed by atoms with Crippen LogP contribution in [0.15, 0.2) is 24.4 Å². The number of ether oxygens (including phenoxy) is 3. The zero-order chi connectivity index (χ0) is 23.5. The van der Waals surface area contributed by atoms with Gasteiger partial charge in [-0.15, -0.1) is 0 Å². The molecular weight excluding hydrogens is 468 g/mol. The molecule has 4 aliphatic rings. The van der Waals surface area contributed by atoms with Crippen molar-refractivity contribution in [1.29, 1.82) is 0 Å². The molecule has 184 valence electrons. The molecule has 2 aromatic heterocycles. The van der Waals surface area contributed by atoms with E-state index in [-0.39, 0.29) is 6.10 Å².